The highest BCUT2D eigenvalue weighted by Gasteiger charge is 2.34. The normalized spacial score (nSPS) is 16.3. The minimum absolute atomic E-state index is 0.198. The third-order valence-electron chi connectivity index (χ3n) is 5.61. The lowest BCUT2D eigenvalue weighted by atomic mass is 9.94. The van der Waals surface area contributed by atoms with E-state index >= 15 is 0 Å². The van der Waals surface area contributed by atoms with Gasteiger partial charge in [-0.15, -0.1) is 0 Å². The number of pyridine rings is 1. The van der Waals surface area contributed by atoms with Crippen LogP contribution >= 0.6 is 0 Å². The van der Waals surface area contributed by atoms with Crippen molar-refractivity contribution in [1.29, 1.82) is 0 Å². The minimum Gasteiger partial charge on any atom is -0.450 e. The zero-order valence-electron chi connectivity index (χ0n) is 16.4. The number of carbonyl (C=O) groups excluding carboxylic acids is 1. The molecule has 0 saturated carbocycles. The molecular weight excluding hydrogens is 352 g/mol. The van der Waals surface area contributed by atoms with Crippen molar-refractivity contribution in [2.45, 2.75) is 19.9 Å². The summed E-state index contributed by atoms with van der Waals surface area (Å²) in [6, 6.07) is 12.9. The fourth-order valence-electron chi connectivity index (χ4n) is 4.31. The number of nitrogens with zero attached hydrogens (tertiary/aromatic N) is 2. The molecule has 4 rings (SSSR count). The van der Waals surface area contributed by atoms with E-state index in [1.807, 2.05) is 24.2 Å². The van der Waals surface area contributed by atoms with E-state index in [1.54, 1.807) is 0 Å². The Kier molecular flexibility index (Phi) is 5.30. The lowest BCUT2D eigenvalue weighted by Gasteiger charge is -2.36. The summed E-state index contributed by atoms with van der Waals surface area (Å²) in [5, 5.41) is 1.27. The lowest BCUT2D eigenvalue weighted by Crippen LogP contribution is -3.15. The van der Waals surface area contributed by atoms with Gasteiger partial charge in [0.1, 0.15) is 6.04 Å². The number of quaternary nitrogens is 1. The van der Waals surface area contributed by atoms with Crippen molar-refractivity contribution in [2.75, 3.05) is 32.8 Å². The van der Waals surface area contributed by atoms with E-state index < -0.39 is 0 Å². The third-order valence-corrected chi connectivity index (χ3v) is 5.61. The number of aromatic nitrogens is 2. The van der Waals surface area contributed by atoms with Crippen molar-refractivity contribution in [1.82, 2.24) is 14.9 Å². The van der Waals surface area contributed by atoms with Gasteiger partial charge in [0.05, 0.1) is 32.8 Å². The second kappa shape index (κ2) is 8.02. The lowest BCUT2D eigenvalue weighted by molar-refractivity contribution is -0.929. The number of hydrogen-bond acceptors (Lipinski definition) is 3. The van der Waals surface area contributed by atoms with Gasteiger partial charge in [0.15, 0.2) is 0 Å². The summed E-state index contributed by atoms with van der Waals surface area (Å²) in [6.07, 6.45) is 3.52. The van der Waals surface area contributed by atoms with Crippen LogP contribution in [-0.4, -0.2) is 53.7 Å². The average molecular weight is 379 g/mol. The van der Waals surface area contributed by atoms with Crippen molar-refractivity contribution in [3.05, 3.63) is 65.6 Å². The molecule has 0 bridgehead atoms. The fourth-order valence-corrected chi connectivity index (χ4v) is 4.31. The summed E-state index contributed by atoms with van der Waals surface area (Å²) in [5.74, 6) is 0. The standard InChI is InChI=1S/C22H26N4O2/c1-3-28-22(27)26-14-12-25(13-15-26)21(17-8-10-23-11-9-17)20-16(2)24-19-7-5-4-6-18(19)20/h4-11,21,24H,3,12-15H2,1-2H3/p+1/t21-/m1/s1. The number of aryl methyl sites for hydroxylation is 1. The summed E-state index contributed by atoms with van der Waals surface area (Å²) >= 11 is 0. The second-order valence-electron chi connectivity index (χ2n) is 7.27. The number of nitrogens with one attached hydrogen (secondary N) is 2. The molecular formula is C22H27N4O2+. The zero-order chi connectivity index (χ0) is 19.5. The van der Waals surface area contributed by atoms with Gasteiger partial charge in [-0.1, -0.05) is 18.2 Å². The van der Waals surface area contributed by atoms with Gasteiger partial charge in [-0.25, -0.2) is 4.79 Å². The fraction of sp³-hybridized carbons (Fsp3) is 0.364. The number of para-hydroxylation sites is 1. The SMILES string of the molecule is CCOC(=O)N1CC[NH+]([C@H](c2ccncc2)c2c(C)[nH]c3ccccc23)CC1. The molecule has 0 unspecified atom stereocenters. The Bertz CT molecular complexity index is 946. The molecule has 1 amide bonds. The van der Waals surface area contributed by atoms with Gasteiger partial charge in [-0.3, -0.25) is 9.88 Å². The van der Waals surface area contributed by atoms with Crippen molar-refractivity contribution in [2.24, 2.45) is 0 Å². The molecule has 1 aliphatic heterocycles. The Hall–Kier alpha value is -2.86. The topological polar surface area (TPSA) is 62.7 Å². The van der Waals surface area contributed by atoms with Crippen molar-refractivity contribution >= 4 is 17.0 Å². The zero-order valence-corrected chi connectivity index (χ0v) is 16.4. The Balaban J connectivity index is 1.68. The van der Waals surface area contributed by atoms with Crippen LogP contribution < -0.4 is 4.90 Å². The van der Waals surface area contributed by atoms with Gasteiger partial charge < -0.3 is 14.6 Å². The number of fused-ring (bicyclic) bond motifs is 1. The second-order valence-corrected chi connectivity index (χ2v) is 7.27. The monoisotopic (exact) mass is 379 g/mol. The number of carbonyl (C=O) groups is 1. The van der Waals surface area contributed by atoms with Gasteiger partial charge in [-0.05, 0) is 32.0 Å². The van der Waals surface area contributed by atoms with Gasteiger partial charge in [0, 0.05) is 40.1 Å². The van der Waals surface area contributed by atoms with Crippen LogP contribution in [0.2, 0.25) is 0 Å². The highest BCUT2D eigenvalue weighted by atomic mass is 16.6. The molecule has 3 aromatic rings. The Morgan fingerprint density at radius 1 is 1.21 bits per heavy atom. The van der Waals surface area contributed by atoms with E-state index in [-0.39, 0.29) is 12.1 Å². The van der Waals surface area contributed by atoms with Crippen LogP contribution in [0.3, 0.4) is 0 Å². The Morgan fingerprint density at radius 2 is 1.93 bits per heavy atom. The molecule has 0 aliphatic carbocycles. The maximum atomic E-state index is 12.1. The summed E-state index contributed by atoms with van der Waals surface area (Å²) in [4.78, 5) is 23.1. The van der Waals surface area contributed by atoms with E-state index in [9.17, 15) is 4.79 Å². The van der Waals surface area contributed by atoms with Crippen molar-refractivity contribution < 1.29 is 14.4 Å². The van der Waals surface area contributed by atoms with Gasteiger partial charge >= 0.3 is 6.09 Å². The van der Waals surface area contributed by atoms with E-state index in [2.05, 4.69) is 53.3 Å². The van der Waals surface area contributed by atoms with Crippen LogP contribution in [0.5, 0.6) is 0 Å². The smallest absolute Gasteiger partial charge is 0.410 e. The minimum atomic E-state index is -0.203. The molecule has 0 spiro atoms. The molecule has 6 heteroatoms. The highest BCUT2D eigenvalue weighted by Crippen LogP contribution is 2.30. The number of H-pyrrole nitrogens is 1. The van der Waals surface area contributed by atoms with E-state index in [0.29, 0.717) is 19.7 Å². The Morgan fingerprint density at radius 3 is 2.64 bits per heavy atom. The predicted octanol–water partition coefficient (Wildman–Crippen LogP) is 2.32. The first-order valence-corrected chi connectivity index (χ1v) is 9.92. The molecule has 1 atom stereocenters. The van der Waals surface area contributed by atoms with E-state index in [0.717, 1.165) is 13.1 Å². The first-order chi connectivity index (χ1) is 13.7. The van der Waals surface area contributed by atoms with Crippen LogP contribution in [0.4, 0.5) is 4.79 Å². The Labute approximate surface area is 165 Å². The number of piperazine rings is 1. The molecule has 1 fully saturated rings. The van der Waals surface area contributed by atoms with E-state index in [1.165, 1.54) is 32.6 Å². The molecule has 2 aromatic heterocycles. The summed E-state index contributed by atoms with van der Waals surface area (Å²) < 4.78 is 5.18. The highest BCUT2D eigenvalue weighted by molar-refractivity contribution is 5.85. The summed E-state index contributed by atoms with van der Waals surface area (Å²) in [7, 11) is 0. The molecule has 146 valence electrons. The number of hydrogen-bond donors (Lipinski definition) is 2. The molecule has 1 saturated heterocycles. The van der Waals surface area contributed by atoms with Crippen LogP contribution in [0.1, 0.15) is 29.8 Å². The molecule has 1 aliphatic rings. The van der Waals surface area contributed by atoms with Crippen LogP contribution in [0, 0.1) is 6.92 Å². The molecule has 6 nitrogen and oxygen atoms in total. The number of ether oxygens (including phenoxy) is 1. The molecule has 1 aromatic carbocycles. The van der Waals surface area contributed by atoms with Crippen molar-refractivity contribution in [3.63, 3.8) is 0 Å². The maximum absolute atomic E-state index is 12.1. The number of amides is 1. The van der Waals surface area contributed by atoms with Gasteiger partial charge in [0.25, 0.3) is 0 Å². The molecule has 28 heavy (non-hydrogen) atoms. The van der Waals surface area contributed by atoms with Crippen LogP contribution in [0.15, 0.2) is 48.8 Å². The largest absolute Gasteiger partial charge is 0.450 e. The molecule has 2 N–H and O–H groups in total. The number of rotatable bonds is 4. The van der Waals surface area contributed by atoms with Gasteiger partial charge in [-0.2, -0.15) is 0 Å². The predicted molar refractivity (Wildman–Crippen MR) is 108 cm³/mol. The average Bonchev–Trinajstić information content (AvgIpc) is 3.06. The van der Waals surface area contributed by atoms with Crippen molar-refractivity contribution in [3.8, 4) is 0 Å². The number of aromatic amines is 1. The van der Waals surface area contributed by atoms with Crippen LogP contribution in [0.25, 0.3) is 10.9 Å². The summed E-state index contributed by atoms with van der Waals surface area (Å²) in [6.45, 7) is 7.58. The number of benzene rings is 1. The third kappa shape index (κ3) is 3.47. The van der Waals surface area contributed by atoms with E-state index in [4.69, 9.17) is 4.74 Å². The first kappa shape index (κ1) is 18.5. The quantitative estimate of drug-likeness (QED) is 0.731. The molecule has 3 heterocycles. The van der Waals surface area contributed by atoms with Gasteiger partial charge in [0.2, 0.25) is 0 Å². The first-order valence-electron chi connectivity index (χ1n) is 9.92. The van der Waals surface area contributed by atoms with Crippen LogP contribution in [-0.2, 0) is 4.74 Å². The summed E-state index contributed by atoms with van der Waals surface area (Å²) in [5.41, 5.74) is 4.95. The maximum Gasteiger partial charge on any atom is 0.410 e. The molecule has 0 radical (unpaired) electrons.